The Morgan fingerprint density at radius 2 is 1.95 bits per heavy atom. The van der Waals surface area contributed by atoms with Crippen LogP contribution in [0, 0.1) is 0 Å². The average Bonchev–Trinajstić information content (AvgIpc) is 2.66. The zero-order valence-electron chi connectivity index (χ0n) is 11.5. The molecular formula is C15H22N2OS. The Bertz CT molecular complexity index is 396. The van der Waals surface area contributed by atoms with Crippen molar-refractivity contribution < 1.29 is 4.79 Å². The van der Waals surface area contributed by atoms with Crippen molar-refractivity contribution in [3.05, 3.63) is 30.3 Å². The van der Waals surface area contributed by atoms with E-state index in [-0.39, 0.29) is 5.91 Å². The molecule has 1 saturated heterocycles. The van der Waals surface area contributed by atoms with Crippen LogP contribution >= 0.6 is 11.8 Å². The molecule has 1 aromatic carbocycles. The van der Waals surface area contributed by atoms with Crippen LogP contribution in [-0.2, 0) is 4.79 Å². The number of hydrogen-bond acceptors (Lipinski definition) is 3. The SMILES string of the molecule is CC(=O)N1CCCN(CCSc2ccccc2)CC1. The van der Waals surface area contributed by atoms with E-state index in [1.54, 1.807) is 6.92 Å². The molecule has 0 aliphatic carbocycles. The van der Waals surface area contributed by atoms with Crippen LogP contribution in [0.2, 0.25) is 0 Å². The van der Waals surface area contributed by atoms with Gasteiger partial charge < -0.3 is 9.80 Å². The summed E-state index contributed by atoms with van der Waals surface area (Å²) in [5.74, 6) is 1.32. The Hall–Kier alpha value is -1.00. The van der Waals surface area contributed by atoms with E-state index < -0.39 is 0 Å². The van der Waals surface area contributed by atoms with Crippen LogP contribution in [0.15, 0.2) is 35.2 Å². The summed E-state index contributed by atoms with van der Waals surface area (Å²) < 4.78 is 0. The quantitative estimate of drug-likeness (QED) is 0.790. The molecule has 0 radical (unpaired) electrons. The average molecular weight is 278 g/mol. The molecule has 0 spiro atoms. The van der Waals surface area contributed by atoms with Gasteiger partial charge in [-0.3, -0.25) is 4.79 Å². The second-order valence-electron chi connectivity index (χ2n) is 4.86. The highest BCUT2D eigenvalue weighted by atomic mass is 32.2. The van der Waals surface area contributed by atoms with Crippen molar-refractivity contribution in [2.24, 2.45) is 0 Å². The zero-order chi connectivity index (χ0) is 13.5. The molecule has 0 bridgehead atoms. The van der Waals surface area contributed by atoms with E-state index in [2.05, 4.69) is 35.2 Å². The number of thioether (sulfide) groups is 1. The van der Waals surface area contributed by atoms with Crippen LogP contribution in [-0.4, -0.2) is 54.2 Å². The van der Waals surface area contributed by atoms with Gasteiger partial charge in [0.2, 0.25) is 5.91 Å². The molecule has 1 heterocycles. The molecule has 3 nitrogen and oxygen atoms in total. The van der Waals surface area contributed by atoms with Gasteiger partial charge >= 0.3 is 0 Å². The minimum atomic E-state index is 0.209. The molecule has 4 heteroatoms. The summed E-state index contributed by atoms with van der Waals surface area (Å²) in [6.07, 6.45) is 1.09. The third kappa shape index (κ3) is 4.88. The number of carbonyl (C=O) groups excluding carboxylic acids is 1. The second-order valence-corrected chi connectivity index (χ2v) is 6.03. The van der Waals surface area contributed by atoms with E-state index in [9.17, 15) is 4.79 Å². The molecule has 1 aliphatic heterocycles. The number of carbonyl (C=O) groups is 1. The third-order valence-corrected chi connectivity index (χ3v) is 4.45. The Labute approximate surface area is 120 Å². The fourth-order valence-corrected chi connectivity index (χ4v) is 3.25. The van der Waals surface area contributed by atoms with Gasteiger partial charge in [-0.05, 0) is 25.1 Å². The van der Waals surface area contributed by atoms with Crippen molar-refractivity contribution in [2.45, 2.75) is 18.2 Å². The van der Waals surface area contributed by atoms with Crippen molar-refractivity contribution in [1.82, 2.24) is 9.80 Å². The standard InChI is InChI=1S/C15H22N2OS/c1-14(18)17-9-5-8-16(10-11-17)12-13-19-15-6-3-2-4-7-15/h2-4,6-7H,5,8-13H2,1H3. The highest BCUT2D eigenvalue weighted by Crippen LogP contribution is 2.17. The van der Waals surface area contributed by atoms with E-state index in [4.69, 9.17) is 0 Å². The Kier molecular flexibility index (Phi) is 5.73. The smallest absolute Gasteiger partial charge is 0.219 e. The van der Waals surface area contributed by atoms with Crippen LogP contribution in [0.3, 0.4) is 0 Å². The van der Waals surface area contributed by atoms with Gasteiger partial charge in [-0.2, -0.15) is 0 Å². The maximum atomic E-state index is 11.4. The van der Waals surface area contributed by atoms with Gasteiger partial charge in [0.1, 0.15) is 0 Å². The summed E-state index contributed by atoms with van der Waals surface area (Å²) in [6.45, 7) is 6.68. The van der Waals surface area contributed by atoms with Crippen molar-refractivity contribution in [2.75, 3.05) is 38.5 Å². The maximum absolute atomic E-state index is 11.4. The van der Waals surface area contributed by atoms with Crippen molar-refractivity contribution in [3.8, 4) is 0 Å². The normalized spacial score (nSPS) is 17.2. The topological polar surface area (TPSA) is 23.6 Å². The van der Waals surface area contributed by atoms with Gasteiger partial charge in [-0.25, -0.2) is 0 Å². The van der Waals surface area contributed by atoms with E-state index >= 15 is 0 Å². The van der Waals surface area contributed by atoms with E-state index in [1.807, 2.05) is 16.7 Å². The van der Waals surface area contributed by atoms with Gasteiger partial charge in [0.05, 0.1) is 0 Å². The predicted octanol–water partition coefficient (Wildman–Crippen LogP) is 2.33. The van der Waals surface area contributed by atoms with Gasteiger partial charge in [-0.1, -0.05) is 18.2 Å². The molecular weight excluding hydrogens is 256 g/mol. The zero-order valence-corrected chi connectivity index (χ0v) is 12.4. The maximum Gasteiger partial charge on any atom is 0.219 e. The number of amides is 1. The lowest BCUT2D eigenvalue weighted by molar-refractivity contribution is -0.128. The van der Waals surface area contributed by atoms with Crippen LogP contribution in [0.1, 0.15) is 13.3 Å². The molecule has 0 atom stereocenters. The molecule has 1 aromatic rings. The van der Waals surface area contributed by atoms with E-state index in [0.717, 1.165) is 44.9 Å². The molecule has 1 aliphatic rings. The molecule has 0 N–H and O–H groups in total. The first-order valence-electron chi connectivity index (χ1n) is 6.91. The fourth-order valence-electron chi connectivity index (χ4n) is 2.32. The van der Waals surface area contributed by atoms with Gasteiger partial charge in [-0.15, -0.1) is 11.8 Å². The summed E-state index contributed by atoms with van der Waals surface area (Å²) in [4.78, 5) is 17.1. The largest absolute Gasteiger partial charge is 0.342 e. The molecule has 2 rings (SSSR count). The Morgan fingerprint density at radius 1 is 1.16 bits per heavy atom. The van der Waals surface area contributed by atoms with E-state index in [0.29, 0.717) is 0 Å². The first-order valence-corrected chi connectivity index (χ1v) is 7.90. The van der Waals surface area contributed by atoms with Crippen molar-refractivity contribution in [3.63, 3.8) is 0 Å². The van der Waals surface area contributed by atoms with Crippen LogP contribution in [0.25, 0.3) is 0 Å². The predicted molar refractivity (Wildman–Crippen MR) is 80.5 cm³/mol. The molecule has 1 fully saturated rings. The number of rotatable bonds is 4. The molecule has 1 amide bonds. The van der Waals surface area contributed by atoms with Gasteiger partial charge in [0.15, 0.2) is 0 Å². The van der Waals surface area contributed by atoms with Crippen molar-refractivity contribution in [1.29, 1.82) is 0 Å². The molecule has 0 saturated carbocycles. The summed E-state index contributed by atoms with van der Waals surface area (Å²) in [5, 5.41) is 0. The first-order chi connectivity index (χ1) is 9.25. The Morgan fingerprint density at radius 3 is 2.68 bits per heavy atom. The lowest BCUT2D eigenvalue weighted by Gasteiger charge is -2.20. The molecule has 0 unspecified atom stereocenters. The third-order valence-electron chi connectivity index (χ3n) is 3.45. The molecule has 104 valence electrons. The fraction of sp³-hybridized carbons (Fsp3) is 0.533. The van der Waals surface area contributed by atoms with E-state index in [1.165, 1.54) is 4.90 Å². The van der Waals surface area contributed by atoms with Crippen LogP contribution in [0.5, 0.6) is 0 Å². The van der Waals surface area contributed by atoms with Crippen LogP contribution < -0.4 is 0 Å². The lowest BCUT2D eigenvalue weighted by Crippen LogP contribution is -2.34. The second kappa shape index (κ2) is 7.56. The summed E-state index contributed by atoms with van der Waals surface area (Å²) >= 11 is 1.91. The number of nitrogens with zero attached hydrogens (tertiary/aromatic N) is 2. The molecule has 0 aromatic heterocycles. The molecule has 19 heavy (non-hydrogen) atoms. The summed E-state index contributed by atoms with van der Waals surface area (Å²) in [5.41, 5.74) is 0. The first kappa shape index (κ1) is 14.4. The van der Waals surface area contributed by atoms with Gasteiger partial charge in [0, 0.05) is 43.8 Å². The number of hydrogen-bond donors (Lipinski definition) is 0. The van der Waals surface area contributed by atoms with Crippen LogP contribution in [0.4, 0.5) is 0 Å². The minimum absolute atomic E-state index is 0.209. The summed E-state index contributed by atoms with van der Waals surface area (Å²) in [7, 11) is 0. The summed E-state index contributed by atoms with van der Waals surface area (Å²) in [6, 6.07) is 10.5. The Balaban J connectivity index is 1.70. The highest BCUT2D eigenvalue weighted by molar-refractivity contribution is 7.99. The number of benzene rings is 1. The monoisotopic (exact) mass is 278 g/mol. The van der Waals surface area contributed by atoms with Crippen molar-refractivity contribution >= 4 is 17.7 Å². The van der Waals surface area contributed by atoms with Gasteiger partial charge in [0.25, 0.3) is 0 Å². The highest BCUT2D eigenvalue weighted by Gasteiger charge is 2.15. The minimum Gasteiger partial charge on any atom is -0.342 e. The lowest BCUT2D eigenvalue weighted by atomic mass is 10.4.